The zero-order chi connectivity index (χ0) is 22.4. The maximum atomic E-state index is 13.2. The number of halogens is 6. The predicted molar refractivity (Wildman–Crippen MR) is 99.5 cm³/mol. The van der Waals surface area contributed by atoms with Crippen molar-refractivity contribution < 1.29 is 31.1 Å². The van der Waals surface area contributed by atoms with Gasteiger partial charge in [0.15, 0.2) is 0 Å². The number of hydrogen-bond acceptors (Lipinski definition) is 2. The summed E-state index contributed by atoms with van der Waals surface area (Å²) in [5, 5.41) is 0. The van der Waals surface area contributed by atoms with Crippen LogP contribution in [0.2, 0.25) is 0 Å². The van der Waals surface area contributed by atoms with Gasteiger partial charge < -0.3 is 9.47 Å². The molecule has 168 valence electrons. The first-order valence-electron chi connectivity index (χ1n) is 10.2. The number of benzene rings is 1. The predicted octanol–water partition coefficient (Wildman–Crippen LogP) is 5.28. The molecule has 0 N–H and O–H groups in total. The monoisotopic (exact) mass is 445 g/mol. The van der Waals surface area contributed by atoms with Crippen molar-refractivity contribution in [3.8, 4) is 0 Å². The van der Waals surface area contributed by atoms with Gasteiger partial charge in [0.1, 0.15) is 11.5 Å². The molecule has 3 heterocycles. The molecule has 0 saturated carbocycles. The van der Waals surface area contributed by atoms with Crippen molar-refractivity contribution >= 4 is 5.91 Å². The molecule has 1 saturated heterocycles. The third-order valence-electron chi connectivity index (χ3n) is 5.94. The van der Waals surface area contributed by atoms with Crippen LogP contribution in [0.1, 0.15) is 64.6 Å². The van der Waals surface area contributed by atoms with E-state index in [1.165, 1.54) is 0 Å². The average molecular weight is 445 g/mol. The molecule has 1 amide bonds. The molecule has 0 spiro atoms. The molecular formula is C21H21F6N3O. The highest BCUT2D eigenvalue weighted by Crippen LogP contribution is 2.39. The topological polar surface area (TPSA) is 38.1 Å². The van der Waals surface area contributed by atoms with Gasteiger partial charge in [-0.15, -0.1) is 0 Å². The van der Waals surface area contributed by atoms with E-state index in [2.05, 4.69) is 4.98 Å². The average Bonchev–Trinajstić information content (AvgIpc) is 3.15. The lowest BCUT2D eigenvalue weighted by molar-refractivity contribution is -0.143. The maximum Gasteiger partial charge on any atom is 0.416 e. The van der Waals surface area contributed by atoms with Crippen molar-refractivity contribution in [1.29, 1.82) is 0 Å². The minimum absolute atomic E-state index is 0.00888. The van der Waals surface area contributed by atoms with E-state index in [1.54, 1.807) is 15.7 Å². The lowest BCUT2D eigenvalue weighted by Gasteiger charge is -2.26. The van der Waals surface area contributed by atoms with Gasteiger partial charge in [-0.2, -0.15) is 26.3 Å². The fourth-order valence-corrected chi connectivity index (χ4v) is 4.29. The minimum Gasteiger partial charge on any atom is -0.337 e. The fourth-order valence-electron chi connectivity index (χ4n) is 4.29. The van der Waals surface area contributed by atoms with Crippen LogP contribution in [0.25, 0.3) is 0 Å². The molecule has 0 bridgehead atoms. The van der Waals surface area contributed by atoms with Crippen LogP contribution in [0.15, 0.2) is 24.4 Å². The molecule has 31 heavy (non-hydrogen) atoms. The highest BCUT2D eigenvalue weighted by Gasteiger charge is 2.38. The molecule has 1 aromatic carbocycles. The van der Waals surface area contributed by atoms with Gasteiger partial charge in [-0.05, 0) is 49.4 Å². The number of aromatic nitrogens is 2. The van der Waals surface area contributed by atoms with E-state index in [-0.39, 0.29) is 29.8 Å². The zero-order valence-electron chi connectivity index (χ0n) is 16.6. The highest BCUT2D eigenvalue weighted by atomic mass is 19.4. The Morgan fingerprint density at radius 2 is 1.55 bits per heavy atom. The van der Waals surface area contributed by atoms with Crippen LogP contribution in [0.4, 0.5) is 26.3 Å². The Bertz CT molecular complexity index is 940. The molecule has 4 rings (SSSR count). The van der Waals surface area contributed by atoms with Crippen LogP contribution < -0.4 is 0 Å². The van der Waals surface area contributed by atoms with Crippen LogP contribution in [0, 0.1) is 0 Å². The molecule has 2 aliphatic rings. The summed E-state index contributed by atoms with van der Waals surface area (Å²) in [6.07, 6.45) is -4.53. The van der Waals surface area contributed by atoms with E-state index in [4.69, 9.17) is 0 Å². The lowest BCUT2D eigenvalue weighted by Crippen LogP contribution is -2.35. The molecule has 1 fully saturated rings. The first kappa shape index (κ1) is 21.7. The summed E-state index contributed by atoms with van der Waals surface area (Å²) in [6.45, 7) is 1.50. The minimum atomic E-state index is -4.88. The van der Waals surface area contributed by atoms with E-state index in [1.807, 2.05) is 0 Å². The number of rotatable bonds is 2. The number of nitrogens with zero attached hydrogens (tertiary/aromatic N) is 3. The van der Waals surface area contributed by atoms with Gasteiger partial charge >= 0.3 is 12.4 Å². The highest BCUT2D eigenvalue weighted by molar-refractivity contribution is 5.92. The largest absolute Gasteiger partial charge is 0.416 e. The van der Waals surface area contributed by atoms with Gasteiger partial charge in [0.2, 0.25) is 0 Å². The first-order valence-corrected chi connectivity index (χ1v) is 10.2. The molecule has 0 radical (unpaired) electrons. The number of aryl methyl sites for hydroxylation is 1. The van der Waals surface area contributed by atoms with E-state index in [0.717, 1.165) is 31.4 Å². The number of carbonyl (C=O) groups is 1. The van der Waals surface area contributed by atoms with Crippen molar-refractivity contribution in [1.82, 2.24) is 14.5 Å². The van der Waals surface area contributed by atoms with E-state index in [0.29, 0.717) is 31.8 Å². The van der Waals surface area contributed by atoms with E-state index in [9.17, 15) is 31.1 Å². The Morgan fingerprint density at radius 1 is 0.935 bits per heavy atom. The second-order valence-electron chi connectivity index (χ2n) is 8.12. The van der Waals surface area contributed by atoms with Crippen LogP contribution in [-0.2, 0) is 25.3 Å². The van der Waals surface area contributed by atoms with Crippen LogP contribution in [0.3, 0.4) is 0 Å². The smallest absolute Gasteiger partial charge is 0.337 e. The summed E-state index contributed by atoms with van der Waals surface area (Å²) in [6, 6.07) is 1.73. The number of carbonyl (C=O) groups excluding carboxylic acids is 1. The Balaban J connectivity index is 1.60. The van der Waals surface area contributed by atoms with Crippen molar-refractivity contribution in [3.05, 3.63) is 52.6 Å². The van der Waals surface area contributed by atoms with Gasteiger partial charge in [0.25, 0.3) is 5.91 Å². The number of likely N-dealkylation sites (tertiary alicyclic amines) is 1. The summed E-state index contributed by atoms with van der Waals surface area (Å²) < 4.78 is 80.8. The molecule has 2 aliphatic heterocycles. The summed E-state index contributed by atoms with van der Waals surface area (Å²) >= 11 is 0. The number of fused-ring (bicyclic) bond motifs is 1. The Morgan fingerprint density at radius 3 is 2.13 bits per heavy atom. The van der Waals surface area contributed by atoms with Gasteiger partial charge in [0.05, 0.1) is 11.1 Å². The number of piperidine rings is 1. The van der Waals surface area contributed by atoms with E-state index >= 15 is 0 Å². The molecule has 2 aromatic rings. The van der Waals surface area contributed by atoms with E-state index < -0.39 is 29.4 Å². The maximum absolute atomic E-state index is 13.2. The Kier molecular flexibility index (Phi) is 5.51. The van der Waals surface area contributed by atoms with Crippen molar-refractivity contribution in [2.75, 3.05) is 13.1 Å². The normalized spacial score (nSPS) is 19.9. The van der Waals surface area contributed by atoms with Crippen LogP contribution in [-0.4, -0.2) is 33.4 Å². The third kappa shape index (κ3) is 4.57. The molecule has 1 aromatic heterocycles. The second kappa shape index (κ2) is 7.87. The molecule has 1 atom stereocenters. The number of alkyl halides is 6. The standard InChI is InChI=1S/C21H21F6N3O/c22-20(23,24)15-8-14(9-16(10-15)21(25,26)27)13-4-5-18-28-17(12-30(18)11-13)19(31)29-6-2-1-3-7-29/h8-10,12-13H,1-7,11H2/t13-/m1/s1. The number of imidazole rings is 1. The lowest BCUT2D eigenvalue weighted by atomic mass is 9.89. The Hall–Kier alpha value is -2.52. The molecule has 0 aliphatic carbocycles. The van der Waals surface area contributed by atoms with Gasteiger partial charge in [-0.1, -0.05) is 0 Å². The van der Waals surface area contributed by atoms with Crippen molar-refractivity contribution in [3.63, 3.8) is 0 Å². The molecule has 10 heteroatoms. The quantitative estimate of drug-likeness (QED) is 0.591. The summed E-state index contributed by atoms with van der Waals surface area (Å²) in [7, 11) is 0. The molecule has 0 unspecified atom stereocenters. The zero-order valence-corrected chi connectivity index (χ0v) is 16.6. The summed E-state index contributed by atoms with van der Waals surface area (Å²) in [5.41, 5.74) is -2.35. The van der Waals surface area contributed by atoms with Crippen molar-refractivity contribution in [2.45, 2.75) is 56.9 Å². The SMILES string of the molecule is O=C(c1cn2c(n1)CC[C@@H](c1cc(C(F)(F)F)cc(C(F)(F)F)c1)C2)N1CCCCC1. The number of amides is 1. The van der Waals surface area contributed by atoms with Crippen LogP contribution in [0.5, 0.6) is 0 Å². The first-order chi connectivity index (χ1) is 14.5. The second-order valence-corrected chi connectivity index (χ2v) is 8.12. The van der Waals surface area contributed by atoms with Gasteiger partial charge in [-0.3, -0.25) is 4.79 Å². The van der Waals surface area contributed by atoms with Crippen molar-refractivity contribution in [2.24, 2.45) is 0 Å². The van der Waals surface area contributed by atoms with Gasteiger partial charge in [-0.25, -0.2) is 4.98 Å². The molecular weight excluding hydrogens is 424 g/mol. The third-order valence-corrected chi connectivity index (χ3v) is 5.94. The Labute approximate surface area is 174 Å². The fraction of sp³-hybridized carbons (Fsp3) is 0.524. The van der Waals surface area contributed by atoms with Gasteiger partial charge in [0, 0.05) is 38.2 Å². The molecule has 4 nitrogen and oxygen atoms in total. The van der Waals surface area contributed by atoms with Crippen LogP contribution >= 0.6 is 0 Å². The summed E-state index contributed by atoms with van der Waals surface area (Å²) in [5.74, 6) is -0.0979. The summed E-state index contributed by atoms with van der Waals surface area (Å²) in [4.78, 5) is 18.8. The number of hydrogen-bond donors (Lipinski definition) is 0.